The van der Waals surface area contributed by atoms with Gasteiger partial charge in [0.15, 0.2) is 11.5 Å². The van der Waals surface area contributed by atoms with Crippen LogP contribution in [0.4, 0.5) is 5.00 Å². The Hall–Kier alpha value is -1.95. The van der Waals surface area contributed by atoms with Crippen LogP contribution in [0.3, 0.4) is 0 Å². The van der Waals surface area contributed by atoms with Gasteiger partial charge in [-0.15, -0.1) is 21.5 Å². The maximum Gasteiger partial charge on any atom is 0.172 e. The molecular formula is C13H13N5S. The minimum atomic E-state index is 0.819. The minimum absolute atomic E-state index is 0.819. The predicted octanol–water partition coefficient (Wildman–Crippen LogP) is 2.23. The first-order valence-corrected chi connectivity index (χ1v) is 7.13. The largest absolute Gasteiger partial charge is 0.390 e. The molecule has 3 aromatic rings. The van der Waals surface area contributed by atoms with Crippen LogP contribution in [0.15, 0.2) is 12.4 Å². The van der Waals surface area contributed by atoms with Crippen LogP contribution >= 0.6 is 11.3 Å². The van der Waals surface area contributed by atoms with E-state index in [4.69, 9.17) is 5.73 Å². The molecule has 0 atom stereocenters. The van der Waals surface area contributed by atoms with E-state index in [0.717, 1.165) is 40.6 Å². The molecule has 1 aliphatic rings. The Morgan fingerprint density at radius 1 is 1.32 bits per heavy atom. The smallest absolute Gasteiger partial charge is 0.172 e. The molecule has 2 N–H and O–H groups in total. The molecule has 0 aromatic carbocycles. The maximum absolute atomic E-state index is 6.18. The van der Waals surface area contributed by atoms with Crippen LogP contribution in [0.25, 0.3) is 17.0 Å². The van der Waals surface area contributed by atoms with Gasteiger partial charge in [0.05, 0.1) is 10.6 Å². The molecule has 0 aliphatic heterocycles. The summed E-state index contributed by atoms with van der Waals surface area (Å²) in [6.07, 6.45) is 5.21. The van der Waals surface area contributed by atoms with Gasteiger partial charge in [-0.1, -0.05) is 0 Å². The summed E-state index contributed by atoms with van der Waals surface area (Å²) >= 11 is 1.69. The summed E-state index contributed by atoms with van der Waals surface area (Å²) < 4.78 is 1.92. The second kappa shape index (κ2) is 3.77. The van der Waals surface area contributed by atoms with Crippen LogP contribution in [0.5, 0.6) is 0 Å². The van der Waals surface area contributed by atoms with Gasteiger partial charge >= 0.3 is 0 Å². The normalized spacial score (nSPS) is 14.2. The van der Waals surface area contributed by atoms with Gasteiger partial charge < -0.3 is 5.73 Å². The van der Waals surface area contributed by atoms with E-state index in [1.165, 1.54) is 16.9 Å². The van der Waals surface area contributed by atoms with Crippen LogP contribution in [0.1, 0.15) is 22.6 Å². The first-order valence-electron chi connectivity index (χ1n) is 6.32. The molecule has 4 rings (SSSR count). The third-order valence-electron chi connectivity index (χ3n) is 3.61. The van der Waals surface area contributed by atoms with Crippen LogP contribution < -0.4 is 5.73 Å². The fourth-order valence-electron chi connectivity index (χ4n) is 2.73. The molecule has 1 aliphatic carbocycles. The molecule has 0 fully saturated rings. The van der Waals surface area contributed by atoms with Crippen LogP contribution in [-0.4, -0.2) is 19.6 Å². The number of anilines is 1. The van der Waals surface area contributed by atoms with Gasteiger partial charge in [-0.25, -0.2) is 4.98 Å². The fraction of sp³-hybridized carbons (Fsp3) is 0.308. The zero-order valence-electron chi connectivity index (χ0n) is 10.6. The number of hydrogen-bond acceptors (Lipinski definition) is 5. The van der Waals surface area contributed by atoms with Gasteiger partial charge in [-0.3, -0.25) is 4.40 Å². The number of nitrogens with two attached hydrogens (primary N) is 1. The molecule has 0 radical (unpaired) electrons. The quantitative estimate of drug-likeness (QED) is 0.737. The van der Waals surface area contributed by atoms with Gasteiger partial charge in [0.2, 0.25) is 0 Å². The first kappa shape index (κ1) is 10.9. The SMILES string of the molecule is Cc1cc2nnc(-c3c(N)sc4c3CCC4)n2cn1. The zero-order valence-corrected chi connectivity index (χ0v) is 11.4. The molecule has 3 aromatic heterocycles. The zero-order chi connectivity index (χ0) is 13.0. The van der Waals surface area contributed by atoms with E-state index in [2.05, 4.69) is 15.2 Å². The predicted molar refractivity (Wildman–Crippen MR) is 75.3 cm³/mol. The molecule has 96 valence electrons. The van der Waals surface area contributed by atoms with Crippen molar-refractivity contribution < 1.29 is 0 Å². The van der Waals surface area contributed by atoms with E-state index in [1.807, 2.05) is 17.4 Å². The lowest BCUT2D eigenvalue weighted by atomic mass is 10.1. The highest BCUT2D eigenvalue weighted by Crippen LogP contribution is 2.42. The van der Waals surface area contributed by atoms with E-state index in [-0.39, 0.29) is 0 Å². The maximum atomic E-state index is 6.18. The number of nitrogens with zero attached hydrogens (tertiary/aromatic N) is 4. The Kier molecular flexibility index (Phi) is 2.17. The summed E-state index contributed by atoms with van der Waals surface area (Å²) in [4.78, 5) is 5.73. The second-order valence-corrected chi connectivity index (χ2v) is 6.02. The van der Waals surface area contributed by atoms with Crippen LogP contribution in [-0.2, 0) is 12.8 Å². The Morgan fingerprint density at radius 3 is 3.11 bits per heavy atom. The number of nitrogen functional groups attached to an aromatic ring is 1. The number of aromatic nitrogens is 4. The lowest BCUT2D eigenvalue weighted by molar-refractivity contribution is 0.914. The van der Waals surface area contributed by atoms with Crippen molar-refractivity contribution in [2.45, 2.75) is 26.2 Å². The standard InChI is InChI=1S/C13H13N5S/c1-7-5-10-16-17-13(18(10)6-15-7)11-8-3-2-4-9(8)19-12(11)14/h5-6H,2-4,14H2,1H3. The molecule has 0 spiro atoms. The van der Waals surface area contributed by atoms with Crippen molar-refractivity contribution in [2.75, 3.05) is 5.73 Å². The van der Waals surface area contributed by atoms with Crippen molar-refractivity contribution in [3.05, 3.63) is 28.5 Å². The Balaban J connectivity index is 2.00. The monoisotopic (exact) mass is 271 g/mol. The van der Waals surface area contributed by atoms with Gasteiger partial charge in [0.1, 0.15) is 6.33 Å². The van der Waals surface area contributed by atoms with E-state index in [0.29, 0.717) is 0 Å². The average molecular weight is 271 g/mol. The van der Waals surface area contributed by atoms with E-state index in [9.17, 15) is 0 Å². The molecular weight excluding hydrogens is 258 g/mol. The molecule has 5 nitrogen and oxygen atoms in total. The summed E-state index contributed by atoms with van der Waals surface area (Å²) in [5.41, 5.74) is 10.4. The van der Waals surface area contributed by atoms with Crippen molar-refractivity contribution in [1.82, 2.24) is 19.6 Å². The third-order valence-corrected chi connectivity index (χ3v) is 4.73. The molecule has 0 amide bonds. The lowest BCUT2D eigenvalue weighted by Gasteiger charge is -2.02. The van der Waals surface area contributed by atoms with E-state index >= 15 is 0 Å². The number of rotatable bonds is 1. The van der Waals surface area contributed by atoms with Crippen molar-refractivity contribution in [3.8, 4) is 11.4 Å². The van der Waals surface area contributed by atoms with Gasteiger partial charge in [-0.2, -0.15) is 0 Å². The van der Waals surface area contributed by atoms with Gasteiger partial charge in [0.25, 0.3) is 0 Å². The number of fused-ring (bicyclic) bond motifs is 2. The van der Waals surface area contributed by atoms with Crippen LogP contribution in [0, 0.1) is 6.92 Å². The molecule has 3 heterocycles. The average Bonchev–Trinajstić information content (AvgIpc) is 3.03. The summed E-state index contributed by atoms with van der Waals surface area (Å²) in [6.45, 7) is 1.95. The van der Waals surface area contributed by atoms with Crippen molar-refractivity contribution in [3.63, 3.8) is 0 Å². The van der Waals surface area contributed by atoms with Crippen LogP contribution in [0.2, 0.25) is 0 Å². The Morgan fingerprint density at radius 2 is 2.21 bits per heavy atom. The molecule has 0 saturated carbocycles. The van der Waals surface area contributed by atoms with Crippen molar-refractivity contribution >= 4 is 22.0 Å². The molecule has 0 bridgehead atoms. The second-order valence-electron chi connectivity index (χ2n) is 4.88. The molecule has 19 heavy (non-hydrogen) atoms. The van der Waals surface area contributed by atoms with Gasteiger partial charge in [-0.05, 0) is 31.7 Å². The van der Waals surface area contributed by atoms with Crippen molar-refractivity contribution in [2.24, 2.45) is 0 Å². The first-order chi connectivity index (χ1) is 9.24. The Labute approximate surface area is 114 Å². The summed E-state index contributed by atoms with van der Waals surface area (Å²) in [7, 11) is 0. The topological polar surface area (TPSA) is 69.1 Å². The summed E-state index contributed by atoms with van der Waals surface area (Å²) in [6, 6.07) is 1.93. The molecule has 0 saturated heterocycles. The number of hydrogen-bond donors (Lipinski definition) is 1. The third kappa shape index (κ3) is 1.49. The highest BCUT2D eigenvalue weighted by Gasteiger charge is 2.24. The Bertz CT molecular complexity index is 786. The molecule has 0 unspecified atom stereocenters. The fourth-order valence-corrected chi connectivity index (χ4v) is 3.89. The van der Waals surface area contributed by atoms with Crippen molar-refractivity contribution in [1.29, 1.82) is 0 Å². The number of aryl methyl sites for hydroxylation is 2. The lowest BCUT2D eigenvalue weighted by Crippen LogP contribution is -1.96. The number of thiophene rings is 1. The summed E-state index contributed by atoms with van der Waals surface area (Å²) in [5.74, 6) is 0.819. The van der Waals surface area contributed by atoms with E-state index < -0.39 is 0 Å². The highest BCUT2D eigenvalue weighted by molar-refractivity contribution is 7.16. The molecule has 6 heteroatoms. The minimum Gasteiger partial charge on any atom is -0.390 e. The highest BCUT2D eigenvalue weighted by atomic mass is 32.1. The summed E-state index contributed by atoms with van der Waals surface area (Å²) in [5, 5.41) is 9.39. The van der Waals surface area contributed by atoms with E-state index in [1.54, 1.807) is 17.7 Å². The van der Waals surface area contributed by atoms with Gasteiger partial charge in [0, 0.05) is 16.6 Å².